The largest absolute Gasteiger partial charge is 0.497 e. The van der Waals surface area contributed by atoms with E-state index in [1.165, 1.54) is 0 Å². The van der Waals surface area contributed by atoms with E-state index in [0.717, 1.165) is 22.6 Å². The lowest BCUT2D eigenvalue weighted by Crippen LogP contribution is -2.39. The average molecular weight is 593 g/mol. The molecule has 1 unspecified atom stereocenters. The van der Waals surface area contributed by atoms with Gasteiger partial charge in [-0.05, 0) is 73.2 Å². The molecule has 7 nitrogen and oxygen atoms in total. The quantitative estimate of drug-likeness (QED) is 0.157. The summed E-state index contributed by atoms with van der Waals surface area (Å²) in [7, 11) is 1.62. The number of carbonyl (C=O) groups is 2. The molecule has 3 N–H and O–H groups in total. The van der Waals surface area contributed by atoms with Crippen LogP contribution in [-0.4, -0.2) is 38.6 Å². The first-order valence-electron chi connectivity index (χ1n) is 13.1. The van der Waals surface area contributed by atoms with Crippen LogP contribution in [0.25, 0.3) is 0 Å². The van der Waals surface area contributed by atoms with E-state index in [2.05, 4.69) is 16.0 Å². The second-order valence-electron chi connectivity index (χ2n) is 9.33. The van der Waals surface area contributed by atoms with Gasteiger partial charge >= 0.3 is 0 Å². The van der Waals surface area contributed by atoms with E-state index in [1.807, 2.05) is 61.5 Å². The molecular formula is C32H31Cl2N3O4. The molecule has 0 fully saturated rings. The maximum atomic E-state index is 13.3. The van der Waals surface area contributed by atoms with Crippen molar-refractivity contribution in [2.45, 2.75) is 12.8 Å². The maximum Gasteiger partial charge on any atom is 0.251 e. The number of carbonyl (C=O) groups excluding carboxylic acids is 2. The molecule has 1 atom stereocenters. The Morgan fingerprint density at radius 1 is 0.780 bits per heavy atom. The van der Waals surface area contributed by atoms with Crippen molar-refractivity contribution in [3.05, 3.63) is 118 Å². The van der Waals surface area contributed by atoms with Gasteiger partial charge in [-0.15, -0.1) is 0 Å². The molecule has 41 heavy (non-hydrogen) atoms. The van der Waals surface area contributed by atoms with Gasteiger partial charge in [-0.3, -0.25) is 9.59 Å². The summed E-state index contributed by atoms with van der Waals surface area (Å²) in [6.45, 7) is 2.97. The summed E-state index contributed by atoms with van der Waals surface area (Å²) < 4.78 is 11.1. The highest BCUT2D eigenvalue weighted by molar-refractivity contribution is 6.42. The molecule has 0 spiro atoms. The SMILES string of the molecule is COc1ccc(NCCNC(=O)C(CNC(=O)c2cccc(C)c2)c2ccc(Oc3ccc(Cl)c(Cl)c3)cc2)cc1. The second-order valence-corrected chi connectivity index (χ2v) is 10.1. The van der Waals surface area contributed by atoms with Crippen LogP contribution in [0, 0.1) is 6.92 Å². The molecule has 0 saturated carbocycles. The maximum absolute atomic E-state index is 13.3. The van der Waals surface area contributed by atoms with E-state index in [4.69, 9.17) is 32.7 Å². The minimum Gasteiger partial charge on any atom is -0.497 e. The lowest BCUT2D eigenvalue weighted by Gasteiger charge is -2.19. The fraction of sp³-hybridized carbons (Fsp3) is 0.188. The van der Waals surface area contributed by atoms with Crippen molar-refractivity contribution in [1.82, 2.24) is 10.6 Å². The molecule has 4 rings (SSSR count). The second kappa shape index (κ2) is 14.4. The van der Waals surface area contributed by atoms with Gasteiger partial charge in [0, 0.05) is 37.0 Å². The fourth-order valence-corrected chi connectivity index (χ4v) is 4.40. The Labute approximate surface area is 249 Å². The molecule has 0 bridgehead atoms. The van der Waals surface area contributed by atoms with E-state index in [1.54, 1.807) is 43.5 Å². The Balaban J connectivity index is 1.42. The van der Waals surface area contributed by atoms with Gasteiger partial charge in [0.25, 0.3) is 5.91 Å². The first-order valence-corrected chi connectivity index (χ1v) is 13.8. The van der Waals surface area contributed by atoms with Gasteiger partial charge in [0.15, 0.2) is 0 Å². The Morgan fingerprint density at radius 2 is 1.49 bits per heavy atom. The molecule has 0 aromatic heterocycles. The zero-order valence-corrected chi connectivity index (χ0v) is 24.3. The van der Waals surface area contributed by atoms with Gasteiger partial charge in [-0.1, -0.05) is 53.0 Å². The number of nitrogens with one attached hydrogen (secondary N) is 3. The van der Waals surface area contributed by atoms with Crippen LogP contribution in [0.2, 0.25) is 10.0 Å². The third-order valence-electron chi connectivity index (χ3n) is 6.32. The number of aryl methyl sites for hydroxylation is 1. The molecular weight excluding hydrogens is 561 g/mol. The van der Waals surface area contributed by atoms with Gasteiger partial charge in [0.2, 0.25) is 5.91 Å². The Kier molecular flexibility index (Phi) is 10.5. The molecule has 0 radical (unpaired) electrons. The number of anilines is 1. The van der Waals surface area contributed by atoms with Crippen LogP contribution in [0.5, 0.6) is 17.2 Å². The van der Waals surface area contributed by atoms with Crippen LogP contribution in [-0.2, 0) is 4.79 Å². The molecule has 0 aliphatic carbocycles. The fourth-order valence-electron chi connectivity index (χ4n) is 4.11. The molecule has 9 heteroatoms. The van der Waals surface area contributed by atoms with E-state index in [0.29, 0.717) is 40.2 Å². The van der Waals surface area contributed by atoms with Crippen LogP contribution in [0.3, 0.4) is 0 Å². The van der Waals surface area contributed by atoms with Crippen molar-refractivity contribution in [3.8, 4) is 17.2 Å². The number of hydrogen-bond acceptors (Lipinski definition) is 5. The van der Waals surface area contributed by atoms with Crippen molar-refractivity contribution in [3.63, 3.8) is 0 Å². The molecule has 2 amide bonds. The van der Waals surface area contributed by atoms with E-state index in [-0.39, 0.29) is 18.4 Å². The number of amides is 2. The zero-order chi connectivity index (χ0) is 29.2. The molecule has 4 aromatic carbocycles. The van der Waals surface area contributed by atoms with Crippen molar-refractivity contribution in [2.75, 3.05) is 32.1 Å². The predicted octanol–water partition coefficient (Wildman–Crippen LogP) is 6.84. The summed E-state index contributed by atoms with van der Waals surface area (Å²) in [4.78, 5) is 26.1. The number of benzene rings is 4. The number of hydrogen-bond donors (Lipinski definition) is 3. The highest BCUT2D eigenvalue weighted by Gasteiger charge is 2.22. The third-order valence-corrected chi connectivity index (χ3v) is 7.06. The van der Waals surface area contributed by atoms with Crippen LogP contribution >= 0.6 is 23.2 Å². The summed E-state index contributed by atoms with van der Waals surface area (Å²) in [5.41, 5.74) is 3.17. The Hall–Kier alpha value is -4.20. The Bertz CT molecular complexity index is 1480. The number of halogens is 2. The molecule has 0 saturated heterocycles. The van der Waals surface area contributed by atoms with Crippen molar-refractivity contribution < 1.29 is 19.1 Å². The first-order chi connectivity index (χ1) is 19.8. The number of methoxy groups -OCH3 is 1. The van der Waals surface area contributed by atoms with Crippen LogP contribution < -0.4 is 25.4 Å². The summed E-state index contributed by atoms with van der Waals surface area (Å²) in [5.74, 6) is 0.808. The minimum absolute atomic E-state index is 0.123. The smallest absolute Gasteiger partial charge is 0.251 e. The zero-order valence-electron chi connectivity index (χ0n) is 22.7. The lowest BCUT2D eigenvalue weighted by molar-refractivity contribution is -0.122. The molecule has 212 valence electrons. The Morgan fingerprint density at radius 3 is 2.17 bits per heavy atom. The van der Waals surface area contributed by atoms with Crippen LogP contribution in [0.1, 0.15) is 27.4 Å². The van der Waals surface area contributed by atoms with Gasteiger partial charge in [0.05, 0.1) is 23.1 Å². The van der Waals surface area contributed by atoms with E-state index >= 15 is 0 Å². The minimum atomic E-state index is -0.622. The normalized spacial score (nSPS) is 11.3. The summed E-state index contributed by atoms with van der Waals surface area (Å²) in [6.07, 6.45) is 0. The number of ether oxygens (including phenoxy) is 2. The van der Waals surface area contributed by atoms with Gasteiger partial charge in [-0.2, -0.15) is 0 Å². The lowest BCUT2D eigenvalue weighted by atomic mass is 9.97. The highest BCUT2D eigenvalue weighted by atomic mass is 35.5. The van der Waals surface area contributed by atoms with E-state index < -0.39 is 5.92 Å². The molecule has 4 aromatic rings. The molecule has 0 aliphatic rings. The highest BCUT2D eigenvalue weighted by Crippen LogP contribution is 2.30. The predicted molar refractivity (Wildman–Crippen MR) is 164 cm³/mol. The van der Waals surface area contributed by atoms with Crippen molar-refractivity contribution >= 4 is 40.7 Å². The molecule has 0 aliphatic heterocycles. The summed E-state index contributed by atoms with van der Waals surface area (Å²) in [6, 6.07) is 27.0. The first kappa shape index (κ1) is 29.8. The molecule has 0 heterocycles. The van der Waals surface area contributed by atoms with Gasteiger partial charge in [-0.25, -0.2) is 0 Å². The topological polar surface area (TPSA) is 88.7 Å². The van der Waals surface area contributed by atoms with Crippen LogP contribution in [0.15, 0.2) is 91.0 Å². The van der Waals surface area contributed by atoms with E-state index in [9.17, 15) is 9.59 Å². The monoisotopic (exact) mass is 591 g/mol. The van der Waals surface area contributed by atoms with Gasteiger partial charge in [0.1, 0.15) is 17.2 Å². The van der Waals surface area contributed by atoms with Crippen LogP contribution in [0.4, 0.5) is 5.69 Å². The van der Waals surface area contributed by atoms with Crippen molar-refractivity contribution in [1.29, 1.82) is 0 Å². The standard InChI is InChI=1S/C32H31Cl2N3O4/c1-21-4-3-5-23(18-21)31(38)37-20-28(32(39)36-17-16-35-24-8-12-25(40-2)13-9-24)22-6-10-26(11-7-22)41-27-14-15-29(33)30(34)19-27/h3-15,18-19,28,35H,16-17,20H2,1-2H3,(H,36,39)(H,37,38). The van der Waals surface area contributed by atoms with Crippen molar-refractivity contribution in [2.24, 2.45) is 0 Å². The number of rotatable bonds is 12. The third kappa shape index (κ3) is 8.64. The van der Waals surface area contributed by atoms with Gasteiger partial charge < -0.3 is 25.4 Å². The summed E-state index contributed by atoms with van der Waals surface area (Å²) in [5, 5.41) is 9.99. The summed E-state index contributed by atoms with van der Waals surface area (Å²) >= 11 is 12.1. The average Bonchev–Trinajstić information content (AvgIpc) is 2.98.